The molecule has 0 aromatic heterocycles. The van der Waals surface area contributed by atoms with Crippen molar-refractivity contribution in [1.29, 1.82) is 0 Å². The summed E-state index contributed by atoms with van der Waals surface area (Å²) in [7, 11) is -3.85. The SMILES string of the molecule is O=C(CS(=O)(=O)c1ccc2ccccc2c1)Nc1ccccc1C(=O)c1ccccc1. The molecule has 0 saturated carbocycles. The zero-order valence-electron chi connectivity index (χ0n) is 16.5. The molecule has 6 heteroatoms. The summed E-state index contributed by atoms with van der Waals surface area (Å²) in [6, 6.07) is 27.4. The largest absolute Gasteiger partial charge is 0.325 e. The van der Waals surface area contributed by atoms with Crippen LogP contribution in [0.1, 0.15) is 15.9 Å². The Hall–Kier alpha value is -3.77. The summed E-state index contributed by atoms with van der Waals surface area (Å²) in [5.41, 5.74) is 1.05. The second kappa shape index (κ2) is 8.53. The number of amides is 1. The van der Waals surface area contributed by atoms with Gasteiger partial charge in [-0.05, 0) is 35.0 Å². The Morgan fingerprint density at radius 3 is 2.13 bits per heavy atom. The number of nitrogens with one attached hydrogen (secondary N) is 1. The molecule has 5 nitrogen and oxygen atoms in total. The van der Waals surface area contributed by atoms with Crippen molar-refractivity contribution in [2.45, 2.75) is 4.90 Å². The van der Waals surface area contributed by atoms with E-state index in [9.17, 15) is 18.0 Å². The average molecular weight is 429 g/mol. The molecule has 0 fully saturated rings. The van der Waals surface area contributed by atoms with E-state index < -0.39 is 21.5 Å². The number of carbonyl (C=O) groups is 2. The minimum atomic E-state index is -3.85. The van der Waals surface area contributed by atoms with Gasteiger partial charge in [0.05, 0.1) is 10.6 Å². The van der Waals surface area contributed by atoms with Crippen LogP contribution in [0.2, 0.25) is 0 Å². The van der Waals surface area contributed by atoms with Gasteiger partial charge in [-0.2, -0.15) is 0 Å². The summed E-state index contributed by atoms with van der Waals surface area (Å²) in [5, 5.41) is 4.28. The molecule has 0 bridgehead atoms. The number of benzene rings is 4. The standard InChI is InChI=1S/C25H19NO4S/c27-24(17-31(29,30)21-15-14-18-8-4-5-11-20(18)16-21)26-23-13-7-6-12-22(23)25(28)19-9-2-1-3-10-19/h1-16H,17H2,(H,26,27). The lowest BCUT2D eigenvalue weighted by Crippen LogP contribution is -2.24. The number of fused-ring (bicyclic) bond motifs is 1. The molecule has 0 heterocycles. The molecule has 31 heavy (non-hydrogen) atoms. The van der Waals surface area contributed by atoms with E-state index in [-0.39, 0.29) is 16.4 Å². The van der Waals surface area contributed by atoms with Crippen LogP contribution in [0.4, 0.5) is 5.69 Å². The second-order valence-corrected chi connectivity index (χ2v) is 9.05. The van der Waals surface area contributed by atoms with Crippen LogP contribution in [0.25, 0.3) is 10.8 Å². The van der Waals surface area contributed by atoms with Gasteiger partial charge in [0, 0.05) is 11.1 Å². The van der Waals surface area contributed by atoms with E-state index in [2.05, 4.69) is 5.32 Å². The van der Waals surface area contributed by atoms with Crippen LogP contribution >= 0.6 is 0 Å². The van der Waals surface area contributed by atoms with Crippen molar-refractivity contribution in [3.8, 4) is 0 Å². The van der Waals surface area contributed by atoms with Gasteiger partial charge in [0.2, 0.25) is 5.91 Å². The van der Waals surface area contributed by atoms with E-state index in [1.54, 1.807) is 60.7 Å². The van der Waals surface area contributed by atoms with E-state index in [1.807, 2.05) is 30.3 Å². The van der Waals surface area contributed by atoms with Gasteiger partial charge in [-0.25, -0.2) is 8.42 Å². The van der Waals surface area contributed by atoms with Gasteiger partial charge >= 0.3 is 0 Å². The highest BCUT2D eigenvalue weighted by Gasteiger charge is 2.21. The number of hydrogen-bond acceptors (Lipinski definition) is 4. The van der Waals surface area contributed by atoms with Crippen LogP contribution in [-0.4, -0.2) is 25.9 Å². The number of para-hydroxylation sites is 1. The third-order valence-corrected chi connectivity index (χ3v) is 6.50. The Kier molecular flexibility index (Phi) is 5.64. The Labute approximate surface area is 180 Å². The van der Waals surface area contributed by atoms with Crippen molar-refractivity contribution in [1.82, 2.24) is 0 Å². The molecule has 1 N–H and O–H groups in total. The van der Waals surface area contributed by atoms with Crippen LogP contribution in [0.3, 0.4) is 0 Å². The summed E-state index contributed by atoms with van der Waals surface area (Å²) in [6.45, 7) is 0. The van der Waals surface area contributed by atoms with E-state index >= 15 is 0 Å². The molecule has 4 rings (SSSR count). The first-order valence-electron chi connectivity index (χ1n) is 9.64. The smallest absolute Gasteiger partial charge is 0.239 e. The minimum Gasteiger partial charge on any atom is -0.325 e. The normalized spacial score (nSPS) is 11.2. The lowest BCUT2D eigenvalue weighted by atomic mass is 10.0. The fraction of sp³-hybridized carbons (Fsp3) is 0.0400. The number of sulfone groups is 1. The molecule has 4 aromatic rings. The Morgan fingerprint density at radius 2 is 1.35 bits per heavy atom. The molecule has 154 valence electrons. The quantitative estimate of drug-likeness (QED) is 0.458. The van der Waals surface area contributed by atoms with E-state index in [0.717, 1.165) is 10.8 Å². The van der Waals surface area contributed by atoms with Crippen molar-refractivity contribution in [3.63, 3.8) is 0 Å². The third-order valence-electron chi connectivity index (χ3n) is 4.88. The Morgan fingerprint density at radius 1 is 0.710 bits per heavy atom. The maximum atomic E-state index is 12.8. The molecule has 0 aliphatic rings. The van der Waals surface area contributed by atoms with Gasteiger partial charge in [0.15, 0.2) is 15.6 Å². The topological polar surface area (TPSA) is 80.3 Å². The summed E-state index contributed by atoms with van der Waals surface area (Å²) < 4.78 is 25.6. The maximum absolute atomic E-state index is 12.8. The molecule has 0 saturated heterocycles. The molecule has 0 unspecified atom stereocenters. The van der Waals surface area contributed by atoms with Gasteiger partial charge in [0.1, 0.15) is 5.75 Å². The summed E-state index contributed by atoms with van der Waals surface area (Å²) >= 11 is 0. The highest BCUT2D eigenvalue weighted by atomic mass is 32.2. The zero-order chi connectivity index (χ0) is 21.8. The number of carbonyl (C=O) groups excluding carboxylic acids is 2. The molecule has 1 amide bonds. The first-order chi connectivity index (χ1) is 14.9. The predicted octanol–water partition coefficient (Wildman–Crippen LogP) is 4.48. The van der Waals surface area contributed by atoms with Crippen LogP contribution in [0, 0.1) is 0 Å². The van der Waals surface area contributed by atoms with Crippen molar-refractivity contribution >= 4 is 38.0 Å². The number of anilines is 1. The van der Waals surface area contributed by atoms with Gasteiger partial charge in [-0.3, -0.25) is 9.59 Å². The average Bonchev–Trinajstić information content (AvgIpc) is 2.79. The first-order valence-corrected chi connectivity index (χ1v) is 11.3. The van der Waals surface area contributed by atoms with E-state index in [4.69, 9.17) is 0 Å². The highest BCUT2D eigenvalue weighted by molar-refractivity contribution is 7.92. The Bertz CT molecular complexity index is 1380. The van der Waals surface area contributed by atoms with Gasteiger partial charge in [-0.15, -0.1) is 0 Å². The summed E-state index contributed by atoms with van der Waals surface area (Å²) in [5.74, 6) is -1.69. The summed E-state index contributed by atoms with van der Waals surface area (Å²) in [4.78, 5) is 25.5. The number of hydrogen-bond donors (Lipinski definition) is 1. The fourth-order valence-corrected chi connectivity index (χ4v) is 4.50. The molecular formula is C25H19NO4S. The van der Waals surface area contributed by atoms with Crippen LogP contribution in [-0.2, 0) is 14.6 Å². The number of rotatable bonds is 6. The molecule has 0 aliphatic carbocycles. The van der Waals surface area contributed by atoms with Crippen molar-refractivity contribution in [3.05, 3.63) is 108 Å². The number of ketones is 1. The third kappa shape index (κ3) is 4.54. The first kappa shape index (κ1) is 20.5. The lowest BCUT2D eigenvalue weighted by Gasteiger charge is -2.11. The zero-order valence-corrected chi connectivity index (χ0v) is 17.3. The van der Waals surface area contributed by atoms with Crippen LogP contribution in [0.5, 0.6) is 0 Å². The lowest BCUT2D eigenvalue weighted by molar-refractivity contribution is -0.113. The fourth-order valence-electron chi connectivity index (χ4n) is 3.34. The second-order valence-electron chi connectivity index (χ2n) is 7.06. The van der Waals surface area contributed by atoms with E-state index in [0.29, 0.717) is 11.1 Å². The van der Waals surface area contributed by atoms with Crippen LogP contribution < -0.4 is 5.32 Å². The van der Waals surface area contributed by atoms with Gasteiger partial charge in [-0.1, -0.05) is 72.8 Å². The monoisotopic (exact) mass is 429 g/mol. The van der Waals surface area contributed by atoms with Crippen molar-refractivity contribution in [2.75, 3.05) is 11.1 Å². The highest BCUT2D eigenvalue weighted by Crippen LogP contribution is 2.22. The van der Waals surface area contributed by atoms with Crippen LogP contribution in [0.15, 0.2) is 102 Å². The molecule has 0 spiro atoms. The predicted molar refractivity (Wildman–Crippen MR) is 121 cm³/mol. The minimum absolute atomic E-state index is 0.0787. The molecule has 0 aliphatic heterocycles. The van der Waals surface area contributed by atoms with Crippen molar-refractivity contribution < 1.29 is 18.0 Å². The molecule has 4 aromatic carbocycles. The molecular weight excluding hydrogens is 410 g/mol. The van der Waals surface area contributed by atoms with E-state index in [1.165, 1.54) is 6.07 Å². The Balaban J connectivity index is 1.55. The maximum Gasteiger partial charge on any atom is 0.239 e. The summed E-state index contributed by atoms with van der Waals surface area (Å²) in [6.07, 6.45) is 0. The molecule has 0 atom stereocenters. The van der Waals surface area contributed by atoms with Gasteiger partial charge in [0.25, 0.3) is 0 Å². The molecule has 0 radical (unpaired) electrons. The van der Waals surface area contributed by atoms with Gasteiger partial charge < -0.3 is 5.32 Å². The van der Waals surface area contributed by atoms with Crippen molar-refractivity contribution in [2.24, 2.45) is 0 Å².